The summed E-state index contributed by atoms with van der Waals surface area (Å²) in [5.74, 6) is -0.285. The van der Waals surface area contributed by atoms with Crippen LogP contribution in [0, 0.1) is 0 Å². The van der Waals surface area contributed by atoms with E-state index >= 15 is 0 Å². The lowest BCUT2D eigenvalue weighted by Gasteiger charge is -2.23. The minimum atomic E-state index is -3.64. The van der Waals surface area contributed by atoms with Gasteiger partial charge in [0.1, 0.15) is 0 Å². The molecule has 2 aliphatic heterocycles. The highest BCUT2D eigenvalue weighted by Gasteiger charge is 2.31. The zero-order chi connectivity index (χ0) is 19.9. The van der Waals surface area contributed by atoms with Crippen molar-refractivity contribution in [1.82, 2.24) is 0 Å². The molecular weight excluding hydrogens is 396 g/mol. The van der Waals surface area contributed by atoms with Crippen LogP contribution >= 0.6 is 11.8 Å². The van der Waals surface area contributed by atoms with Crippen LogP contribution in [0.1, 0.15) is 18.9 Å². The first kappa shape index (κ1) is 19.0. The summed E-state index contributed by atoms with van der Waals surface area (Å²) in [6.07, 6.45) is 0.691. The van der Waals surface area contributed by atoms with Gasteiger partial charge in [0.15, 0.2) is 9.84 Å². The van der Waals surface area contributed by atoms with Gasteiger partial charge in [-0.1, -0.05) is 18.2 Å². The number of carbonyl (C=O) groups is 2. The maximum absolute atomic E-state index is 12.8. The molecule has 0 spiro atoms. The Hall–Kier alpha value is -2.32. The van der Waals surface area contributed by atoms with Crippen molar-refractivity contribution in [3.05, 3.63) is 48.0 Å². The Morgan fingerprint density at radius 1 is 1.25 bits per heavy atom. The molecule has 0 fully saturated rings. The summed E-state index contributed by atoms with van der Waals surface area (Å²) in [4.78, 5) is 27.0. The first-order valence-electron chi connectivity index (χ1n) is 9.04. The highest BCUT2D eigenvalue weighted by molar-refractivity contribution is 8.00. The average molecular weight is 417 g/mol. The van der Waals surface area contributed by atoms with Crippen molar-refractivity contribution >= 4 is 44.8 Å². The molecule has 2 aromatic rings. The third-order valence-electron chi connectivity index (χ3n) is 5.00. The van der Waals surface area contributed by atoms with Gasteiger partial charge in [-0.25, -0.2) is 8.42 Å². The second kappa shape index (κ2) is 7.25. The Kier molecular flexibility index (Phi) is 4.93. The fourth-order valence-corrected chi connectivity index (χ4v) is 5.70. The van der Waals surface area contributed by atoms with Crippen LogP contribution in [0.15, 0.2) is 52.3 Å². The van der Waals surface area contributed by atoms with Gasteiger partial charge in [0, 0.05) is 23.0 Å². The Balaban J connectivity index is 1.49. The van der Waals surface area contributed by atoms with E-state index in [2.05, 4.69) is 5.32 Å². The van der Waals surface area contributed by atoms with Gasteiger partial charge < -0.3 is 10.2 Å². The summed E-state index contributed by atoms with van der Waals surface area (Å²) in [5, 5.41) is 2.70. The number of sulfone groups is 1. The molecule has 2 aliphatic rings. The number of anilines is 2. The highest BCUT2D eigenvalue weighted by atomic mass is 32.2. The van der Waals surface area contributed by atoms with Gasteiger partial charge in [0.05, 0.1) is 22.1 Å². The molecule has 1 atom stereocenters. The van der Waals surface area contributed by atoms with Crippen LogP contribution in [0.4, 0.5) is 11.4 Å². The number of rotatable bonds is 4. The molecule has 0 saturated carbocycles. The van der Waals surface area contributed by atoms with Crippen molar-refractivity contribution in [2.75, 3.05) is 21.7 Å². The summed E-state index contributed by atoms with van der Waals surface area (Å²) < 4.78 is 25.5. The monoisotopic (exact) mass is 416 g/mol. The maximum Gasteiger partial charge on any atom is 0.234 e. The number of hydrogen-bond acceptors (Lipinski definition) is 5. The SMILES string of the molecule is C[C@H]1Cc2ccccc2N1C(=O)CCS(=O)(=O)c1ccc2c(c1)NC(=O)CS2. The summed E-state index contributed by atoms with van der Waals surface area (Å²) in [6, 6.07) is 12.5. The van der Waals surface area contributed by atoms with E-state index in [0.29, 0.717) is 11.4 Å². The van der Waals surface area contributed by atoms with E-state index in [-0.39, 0.29) is 34.9 Å². The number of fused-ring (bicyclic) bond motifs is 2. The molecule has 2 heterocycles. The first-order chi connectivity index (χ1) is 13.3. The molecule has 6 nitrogen and oxygen atoms in total. The molecule has 0 aromatic heterocycles. The second-order valence-corrected chi connectivity index (χ2v) is 10.1. The minimum absolute atomic E-state index is 0.0172. The van der Waals surface area contributed by atoms with Crippen LogP contribution in [0.25, 0.3) is 0 Å². The van der Waals surface area contributed by atoms with Gasteiger partial charge in [0.2, 0.25) is 11.8 Å². The molecule has 2 aromatic carbocycles. The topological polar surface area (TPSA) is 83.6 Å². The smallest absolute Gasteiger partial charge is 0.234 e. The van der Waals surface area contributed by atoms with Crippen LogP contribution in [0.5, 0.6) is 0 Å². The quantitative estimate of drug-likeness (QED) is 0.829. The van der Waals surface area contributed by atoms with Crippen LogP contribution < -0.4 is 10.2 Å². The van der Waals surface area contributed by atoms with Crippen molar-refractivity contribution in [2.45, 2.75) is 35.6 Å². The Morgan fingerprint density at radius 2 is 2.04 bits per heavy atom. The molecule has 8 heteroatoms. The van der Waals surface area contributed by atoms with E-state index in [9.17, 15) is 18.0 Å². The second-order valence-electron chi connectivity index (χ2n) is 7.01. The van der Waals surface area contributed by atoms with Crippen molar-refractivity contribution in [1.29, 1.82) is 0 Å². The molecule has 146 valence electrons. The molecular formula is C20H20N2O4S2. The third-order valence-corrected chi connectivity index (χ3v) is 7.79. The maximum atomic E-state index is 12.8. The molecule has 4 rings (SSSR count). The summed E-state index contributed by atoms with van der Waals surface area (Å²) >= 11 is 1.38. The van der Waals surface area contributed by atoms with E-state index < -0.39 is 9.84 Å². The number of hydrogen-bond donors (Lipinski definition) is 1. The largest absolute Gasteiger partial charge is 0.324 e. The van der Waals surface area contributed by atoms with Crippen LogP contribution in [-0.2, 0) is 25.8 Å². The number of nitrogens with zero attached hydrogens (tertiary/aromatic N) is 1. The van der Waals surface area contributed by atoms with Gasteiger partial charge in [0.25, 0.3) is 0 Å². The highest BCUT2D eigenvalue weighted by Crippen LogP contribution is 2.34. The predicted molar refractivity (Wildman–Crippen MR) is 110 cm³/mol. The fraction of sp³-hybridized carbons (Fsp3) is 0.300. The third kappa shape index (κ3) is 3.54. The lowest BCUT2D eigenvalue weighted by molar-refractivity contribution is -0.118. The molecule has 0 radical (unpaired) electrons. The van der Waals surface area contributed by atoms with Crippen molar-refractivity contribution in [3.63, 3.8) is 0 Å². The number of benzene rings is 2. The zero-order valence-electron chi connectivity index (χ0n) is 15.3. The lowest BCUT2D eigenvalue weighted by atomic mass is 10.1. The van der Waals surface area contributed by atoms with Gasteiger partial charge in [-0.05, 0) is 43.2 Å². The summed E-state index contributed by atoms with van der Waals surface area (Å²) in [5.41, 5.74) is 2.48. The van der Waals surface area contributed by atoms with E-state index in [1.54, 1.807) is 11.0 Å². The number of thioether (sulfide) groups is 1. The normalized spacial score (nSPS) is 18.4. The van der Waals surface area contributed by atoms with E-state index in [0.717, 1.165) is 22.6 Å². The standard InChI is InChI=1S/C20H20N2O4S2/c1-13-10-14-4-2-3-5-17(14)22(13)20(24)8-9-28(25,26)15-6-7-18-16(11-15)21-19(23)12-27-18/h2-7,11,13H,8-10,12H2,1H3,(H,21,23)/t13-/m0/s1. The van der Waals surface area contributed by atoms with Crippen LogP contribution in [-0.4, -0.2) is 37.8 Å². The predicted octanol–water partition coefficient (Wildman–Crippen LogP) is 2.87. The molecule has 28 heavy (non-hydrogen) atoms. The van der Waals surface area contributed by atoms with Crippen LogP contribution in [0.2, 0.25) is 0 Å². The lowest BCUT2D eigenvalue weighted by Crippen LogP contribution is -2.36. The van der Waals surface area contributed by atoms with E-state index in [1.165, 1.54) is 23.9 Å². The van der Waals surface area contributed by atoms with Crippen molar-refractivity contribution < 1.29 is 18.0 Å². The first-order valence-corrected chi connectivity index (χ1v) is 11.7. The average Bonchev–Trinajstić information content (AvgIpc) is 3.01. The van der Waals surface area contributed by atoms with Crippen LogP contribution in [0.3, 0.4) is 0 Å². The molecule has 0 saturated heterocycles. The molecule has 1 N–H and O–H groups in total. The molecule has 0 aliphatic carbocycles. The number of amides is 2. The number of nitrogens with one attached hydrogen (secondary N) is 1. The van der Waals surface area contributed by atoms with Gasteiger partial charge >= 0.3 is 0 Å². The van der Waals surface area contributed by atoms with E-state index in [1.807, 2.05) is 31.2 Å². The van der Waals surface area contributed by atoms with Crippen molar-refractivity contribution in [3.8, 4) is 0 Å². The molecule has 0 bridgehead atoms. The van der Waals surface area contributed by atoms with Gasteiger partial charge in [-0.15, -0.1) is 11.8 Å². The van der Waals surface area contributed by atoms with Crippen molar-refractivity contribution in [2.24, 2.45) is 0 Å². The number of carbonyl (C=O) groups excluding carboxylic acids is 2. The Morgan fingerprint density at radius 3 is 2.86 bits per heavy atom. The van der Waals surface area contributed by atoms with E-state index in [4.69, 9.17) is 0 Å². The zero-order valence-corrected chi connectivity index (χ0v) is 17.0. The Labute approximate surface area is 168 Å². The summed E-state index contributed by atoms with van der Waals surface area (Å²) in [7, 11) is -3.64. The van der Waals surface area contributed by atoms with Gasteiger partial charge in [-0.2, -0.15) is 0 Å². The fourth-order valence-electron chi connectivity index (χ4n) is 3.66. The number of para-hydroxylation sites is 1. The molecule has 0 unspecified atom stereocenters. The minimum Gasteiger partial charge on any atom is -0.324 e. The summed E-state index contributed by atoms with van der Waals surface area (Å²) in [6.45, 7) is 1.97. The Bertz CT molecular complexity index is 1070. The molecule has 2 amide bonds. The van der Waals surface area contributed by atoms with Gasteiger partial charge in [-0.3, -0.25) is 9.59 Å².